The molecule has 274 valence electrons. The van der Waals surface area contributed by atoms with Crippen molar-refractivity contribution >= 4 is 17.9 Å². The first kappa shape index (κ1) is 40.8. The molecule has 1 unspecified atom stereocenters. The molecule has 18 heteroatoms. The number of esters is 1. The number of H-pyrrole nitrogens is 1. The molecular weight excluding hydrogens is 641 g/mol. The summed E-state index contributed by atoms with van der Waals surface area (Å²) in [5.74, 6) is -1.18. The van der Waals surface area contributed by atoms with Gasteiger partial charge in [-0.05, 0) is 12.8 Å². The van der Waals surface area contributed by atoms with Crippen LogP contribution in [0.1, 0.15) is 45.8 Å². The molecular formula is C30H50FN5O12. The maximum atomic E-state index is 15.1. The quantitative estimate of drug-likeness (QED) is 0.0735. The standard InChI is InChI=1S/C30H50FN5O12/c1-3-8-33-29(40)34-10-13-43-15-17-45-19-21-46-20-18-44-16-14-42-12-9-32-23(37)5-6-25(39)48-27-22(4-2)47-28(26(27)31)36-11-7-24(38)35-30(36)41/h7,11,22,26-28H,3-6,8-10,12-21H2,1-2H3,(H,32,37)(H2,33,34,40)(H,35,38,41)/t22-,26?,27+,28-/m1/s1. The van der Waals surface area contributed by atoms with Crippen LogP contribution in [0.4, 0.5) is 9.18 Å². The largest absolute Gasteiger partial charge is 0.456 e. The van der Waals surface area contributed by atoms with Gasteiger partial charge in [-0.3, -0.25) is 23.9 Å². The second kappa shape index (κ2) is 24.7. The van der Waals surface area contributed by atoms with Crippen LogP contribution >= 0.6 is 0 Å². The molecule has 1 aromatic rings. The monoisotopic (exact) mass is 691 g/mol. The number of halogens is 1. The Labute approximate surface area is 278 Å². The number of rotatable bonds is 26. The number of carbonyl (C=O) groups is 3. The van der Waals surface area contributed by atoms with Gasteiger partial charge in [0, 0.05) is 38.3 Å². The Morgan fingerprint density at radius 1 is 0.812 bits per heavy atom. The highest BCUT2D eigenvalue weighted by Gasteiger charge is 2.48. The molecule has 2 heterocycles. The lowest BCUT2D eigenvalue weighted by atomic mass is 10.1. The molecule has 4 atom stereocenters. The number of hydrogen-bond donors (Lipinski definition) is 4. The molecule has 1 aliphatic heterocycles. The SMILES string of the molecule is CCCNC(=O)NCCOCCOCCOCCOCCOCCNC(=O)CCC(=O)O[C@@H]1C(F)[C@H](n2ccc(=O)[nH]c2=O)O[C@@H]1CC. The summed E-state index contributed by atoms with van der Waals surface area (Å²) in [5, 5.41) is 8.03. The number of nitrogens with one attached hydrogen (secondary N) is 4. The van der Waals surface area contributed by atoms with Gasteiger partial charge in [-0.25, -0.2) is 14.0 Å². The minimum atomic E-state index is -1.85. The molecule has 0 aromatic carbocycles. The number of ether oxygens (including phenoxy) is 7. The molecule has 17 nitrogen and oxygen atoms in total. The lowest BCUT2D eigenvalue weighted by Gasteiger charge is -2.18. The number of alkyl halides is 1. The van der Waals surface area contributed by atoms with Crippen LogP contribution in [0.15, 0.2) is 21.9 Å². The van der Waals surface area contributed by atoms with Crippen molar-refractivity contribution in [2.45, 2.75) is 64.1 Å². The van der Waals surface area contributed by atoms with E-state index < -0.39 is 47.7 Å². The normalized spacial score (nSPS) is 18.8. The predicted octanol–water partition coefficient (Wildman–Crippen LogP) is -0.217. The number of urea groups is 1. The fourth-order valence-corrected chi connectivity index (χ4v) is 4.31. The van der Waals surface area contributed by atoms with Gasteiger partial charge in [0.05, 0.1) is 72.5 Å². The lowest BCUT2D eigenvalue weighted by molar-refractivity contribution is -0.154. The van der Waals surface area contributed by atoms with E-state index in [-0.39, 0.29) is 32.0 Å². The van der Waals surface area contributed by atoms with E-state index in [4.69, 9.17) is 33.2 Å². The highest BCUT2D eigenvalue weighted by atomic mass is 19.1. The van der Waals surface area contributed by atoms with Gasteiger partial charge in [-0.2, -0.15) is 0 Å². The summed E-state index contributed by atoms with van der Waals surface area (Å²) >= 11 is 0. The van der Waals surface area contributed by atoms with E-state index in [1.54, 1.807) is 6.92 Å². The van der Waals surface area contributed by atoms with Gasteiger partial charge in [0.1, 0.15) is 6.10 Å². The molecule has 48 heavy (non-hydrogen) atoms. The Morgan fingerprint density at radius 2 is 1.35 bits per heavy atom. The Hall–Kier alpha value is -3.42. The molecule has 0 aliphatic carbocycles. The van der Waals surface area contributed by atoms with Crippen LogP contribution in [0, 0.1) is 0 Å². The number of nitrogens with zero attached hydrogens (tertiary/aromatic N) is 1. The first-order valence-electron chi connectivity index (χ1n) is 16.2. The predicted molar refractivity (Wildman–Crippen MR) is 168 cm³/mol. The summed E-state index contributed by atoms with van der Waals surface area (Å²) in [7, 11) is 0. The number of hydrogen-bond acceptors (Lipinski definition) is 12. The van der Waals surface area contributed by atoms with E-state index in [2.05, 4.69) is 16.0 Å². The molecule has 1 fully saturated rings. The van der Waals surface area contributed by atoms with Crippen molar-refractivity contribution in [3.05, 3.63) is 33.1 Å². The Morgan fingerprint density at radius 3 is 1.90 bits per heavy atom. The van der Waals surface area contributed by atoms with Gasteiger partial charge >= 0.3 is 17.7 Å². The van der Waals surface area contributed by atoms with Crippen LogP contribution in [-0.2, 0) is 42.7 Å². The summed E-state index contributed by atoms with van der Waals surface area (Å²) in [6, 6.07) is 0.863. The third kappa shape index (κ3) is 16.6. The molecule has 1 aliphatic rings. The number of amides is 3. The third-order valence-corrected chi connectivity index (χ3v) is 6.74. The molecule has 2 rings (SSSR count). The second-order valence-electron chi connectivity index (χ2n) is 10.5. The Bertz CT molecular complexity index is 1190. The van der Waals surface area contributed by atoms with Gasteiger partial charge in [0.15, 0.2) is 18.5 Å². The minimum Gasteiger partial charge on any atom is -0.456 e. The summed E-state index contributed by atoms with van der Waals surface area (Å²) < 4.78 is 53.9. The van der Waals surface area contributed by atoms with Crippen molar-refractivity contribution in [2.75, 3.05) is 85.7 Å². The number of aromatic nitrogens is 2. The van der Waals surface area contributed by atoms with Crippen LogP contribution in [-0.4, -0.2) is 132 Å². The van der Waals surface area contributed by atoms with E-state index in [1.807, 2.05) is 11.9 Å². The van der Waals surface area contributed by atoms with E-state index in [1.165, 1.54) is 0 Å². The fraction of sp³-hybridized carbons (Fsp3) is 0.767. The molecule has 0 spiro atoms. The molecule has 1 aromatic heterocycles. The van der Waals surface area contributed by atoms with Gasteiger partial charge in [0.2, 0.25) is 5.91 Å². The molecule has 0 radical (unpaired) electrons. The molecule has 0 saturated carbocycles. The average molecular weight is 692 g/mol. The third-order valence-electron chi connectivity index (χ3n) is 6.74. The van der Waals surface area contributed by atoms with Gasteiger partial charge in [0.25, 0.3) is 5.56 Å². The van der Waals surface area contributed by atoms with Crippen molar-refractivity contribution in [1.82, 2.24) is 25.5 Å². The topological polar surface area (TPSA) is 207 Å². The fourth-order valence-electron chi connectivity index (χ4n) is 4.31. The van der Waals surface area contributed by atoms with Gasteiger partial charge in [-0.1, -0.05) is 13.8 Å². The van der Waals surface area contributed by atoms with Crippen molar-refractivity contribution in [3.63, 3.8) is 0 Å². The van der Waals surface area contributed by atoms with Crippen molar-refractivity contribution < 1.29 is 51.9 Å². The van der Waals surface area contributed by atoms with Crippen LogP contribution in [0.25, 0.3) is 0 Å². The Kier molecular flexibility index (Phi) is 21.0. The Balaban J connectivity index is 1.39. The summed E-state index contributed by atoms with van der Waals surface area (Å²) in [6.45, 7) is 8.80. The average Bonchev–Trinajstić information content (AvgIpc) is 3.37. The number of aromatic amines is 1. The smallest absolute Gasteiger partial charge is 0.330 e. The van der Waals surface area contributed by atoms with Crippen LogP contribution < -0.4 is 27.2 Å². The van der Waals surface area contributed by atoms with Crippen molar-refractivity contribution in [1.29, 1.82) is 0 Å². The molecule has 3 amide bonds. The van der Waals surface area contributed by atoms with Gasteiger partial charge in [-0.15, -0.1) is 0 Å². The summed E-state index contributed by atoms with van der Waals surface area (Å²) in [5.41, 5.74) is -1.48. The highest BCUT2D eigenvalue weighted by molar-refractivity contribution is 5.81. The molecule has 4 N–H and O–H groups in total. The molecule has 1 saturated heterocycles. The lowest BCUT2D eigenvalue weighted by Crippen LogP contribution is -2.37. The van der Waals surface area contributed by atoms with E-state index in [9.17, 15) is 24.0 Å². The first-order valence-corrected chi connectivity index (χ1v) is 16.2. The minimum absolute atomic E-state index is 0.164. The van der Waals surface area contributed by atoms with E-state index in [0.717, 1.165) is 23.3 Å². The van der Waals surface area contributed by atoms with Crippen LogP contribution in [0.3, 0.4) is 0 Å². The molecule has 0 bridgehead atoms. The maximum absolute atomic E-state index is 15.1. The second-order valence-corrected chi connectivity index (χ2v) is 10.5. The van der Waals surface area contributed by atoms with Crippen molar-refractivity contribution in [2.24, 2.45) is 0 Å². The highest BCUT2D eigenvalue weighted by Crippen LogP contribution is 2.34. The van der Waals surface area contributed by atoms with Gasteiger partial charge < -0.3 is 49.1 Å². The van der Waals surface area contributed by atoms with Crippen molar-refractivity contribution in [3.8, 4) is 0 Å². The zero-order valence-corrected chi connectivity index (χ0v) is 27.7. The summed E-state index contributed by atoms with van der Waals surface area (Å²) in [6.07, 6.45) is -3.42. The zero-order chi connectivity index (χ0) is 35.0. The maximum Gasteiger partial charge on any atom is 0.330 e. The van der Waals surface area contributed by atoms with E-state index in [0.29, 0.717) is 79.0 Å². The summed E-state index contributed by atoms with van der Waals surface area (Å²) in [4.78, 5) is 61.1. The number of carbonyl (C=O) groups excluding carboxylic acids is 3. The zero-order valence-electron chi connectivity index (χ0n) is 27.7. The van der Waals surface area contributed by atoms with E-state index >= 15 is 4.39 Å². The first-order chi connectivity index (χ1) is 23.3. The van der Waals surface area contributed by atoms with Crippen LogP contribution in [0.2, 0.25) is 0 Å². The van der Waals surface area contributed by atoms with Crippen LogP contribution in [0.5, 0.6) is 0 Å².